The monoisotopic (exact) mass is 325 g/mol. The van der Waals surface area contributed by atoms with Crippen molar-refractivity contribution < 1.29 is 0 Å². The average Bonchev–Trinajstić information content (AvgIpc) is 2.59. The molecule has 0 unspecified atom stereocenters. The van der Waals surface area contributed by atoms with E-state index >= 15 is 0 Å². The van der Waals surface area contributed by atoms with Crippen LogP contribution in [0.3, 0.4) is 0 Å². The molecule has 0 N–H and O–H groups in total. The van der Waals surface area contributed by atoms with Crippen LogP contribution >= 0.6 is 0 Å². The third kappa shape index (κ3) is 4.30. The van der Waals surface area contributed by atoms with E-state index in [0.717, 1.165) is 45.1 Å². The molecule has 3 rings (SSSR count). The molecule has 0 bridgehead atoms. The molecule has 5 heteroatoms. The molecule has 2 aromatic rings. The highest BCUT2D eigenvalue weighted by Crippen LogP contribution is 2.13. The Morgan fingerprint density at radius 1 is 0.958 bits per heavy atom. The van der Waals surface area contributed by atoms with Crippen molar-refractivity contribution in [3.8, 4) is 0 Å². The molecule has 1 aliphatic heterocycles. The molecule has 128 valence electrons. The van der Waals surface area contributed by atoms with Gasteiger partial charge in [-0.1, -0.05) is 12.1 Å². The maximum Gasteiger partial charge on any atom is 0.127 e. The zero-order chi connectivity index (χ0) is 16.9. The first-order chi connectivity index (χ1) is 11.6. The molecule has 24 heavy (non-hydrogen) atoms. The lowest BCUT2D eigenvalue weighted by Crippen LogP contribution is -2.45. The summed E-state index contributed by atoms with van der Waals surface area (Å²) >= 11 is 0. The van der Waals surface area contributed by atoms with E-state index in [9.17, 15) is 0 Å². The van der Waals surface area contributed by atoms with E-state index in [1.807, 2.05) is 37.5 Å². The van der Waals surface area contributed by atoms with Gasteiger partial charge in [0.25, 0.3) is 0 Å². The first-order valence-electron chi connectivity index (χ1n) is 8.59. The normalized spacial score (nSPS) is 16.3. The van der Waals surface area contributed by atoms with Gasteiger partial charge in [0.1, 0.15) is 5.82 Å². The van der Waals surface area contributed by atoms with Gasteiger partial charge in [-0.15, -0.1) is 0 Å². The van der Waals surface area contributed by atoms with E-state index < -0.39 is 0 Å². The Bertz CT molecular complexity index is 645. The van der Waals surface area contributed by atoms with Crippen LogP contribution < -0.4 is 4.90 Å². The fourth-order valence-corrected chi connectivity index (χ4v) is 3.03. The minimum Gasteiger partial charge on any atom is -0.363 e. The molecule has 3 heterocycles. The number of aryl methyl sites for hydroxylation is 1. The van der Waals surface area contributed by atoms with Gasteiger partial charge in [-0.05, 0) is 30.2 Å². The highest BCUT2D eigenvalue weighted by atomic mass is 15.3. The van der Waals surface area contributed by atoms with E-state index in [1.54, 1.807) is 0 Å². The van der Waals surface area contributed by atoms with Crippen molar-refractivity contribution in [3.05, 3.63) is 53.5 Å². The van der Waals surface area contributed by atoms with Crippen LogP contribution in [0.25, 0.3) is 0 Å². The maximum absolute atomic E-state index is 4.51. The molecule has 5 nitrogen and oxygen atoms in total. The van der Waals surface area contributed by atoms with Crippen molar-refractivity contribution in [2.45, 2.75) is 20.0 Å². The number of nitrogens with zero attached hydrogens (tertiary/aromatic N) is 5. The number of rotatable bonds is 5. The molecular formula is C19H27N5. The van der Waals surface area contributed by atoms with Gasteiger partial charge >= 0.3 is 0 Å². The quantitative estimate of drug-likeness (QED) is 0.842. The number of pyridine rings is 2. The van der Waals surface area contributed by atoms with Gasteiger partial charge in [-0.2, -0.15) is 0 Å². The van der Waals surface area contributed by atoms with Crippen LogP contribution in [0.2, 0.25) is 0 Å². The number of hydrogen-bond acceptors (Lipinski definition) is 5. The molecule has 0 atom stereocenters. The summed E-state index contributed by atoms with van der Waals surface area (Å²) in [7, 11) is 4.04. The van der Waals surface area contributed by atoms with Crippen LogP contribution in [0.5, 0.6) is 0 Å². The van der Waals surface area contributed by atoms with Gasteiger partial charge in [-0.3, -0.25) is 14.8 Å². The molecule has 0 spiro atoms. The maximum atomic E-state index is 4.51. The molecule has 1 fully saturated rings. The highest BCUT2D eigenvalue weighted by Gasteiger charge is 2.18. The van der Waals surface area contributed by atoms with Crippen molar-refractivity contribution in [2.24, 2.45) is 0 Å². The van der Waals surface area contributed by atoms with Crippen molar-refractivity contribution in [1.82, 2.24) is 19.8 Å². The summed E-state index contributed by atoms with van der Waals surface area (Å²) in [5, 5.41) is 0. The Morgan fingerprint density at radius 2 is 1.67 bits per heavy atom. The van der Waals surface area contributed by atoms with Crippen molar-refractivity contribution >= 4 is 5.82 Å². The smallest absolute Gasteiger partial charge is 0.127 e. The molecule has 1 saturated heterocycles. The summed E-state index contributed by atoms with van der Waals surface area (Å²) in [6.45, 7) is 8.47. The molecular weight excluding hydrogens is 298 g/mol. The third-order valence-electron chi connectivity index (χ3n) is 4.63. The summed E-state index contributed by atoms with van der Waals surface area (Å²) in [6.07, 6.45) is 3.89. The van der Waals surface area contributed by atoms with Gasteiger partial charge in [-0.25, -0.2) is 4.98 Å². The standard InChI is InChI=1S/C19H27N5/c1-16-5-4-8-20-18(16)15-24-11-9-23(10-12-24)14-17-6-7-19(21-13-17)22(2)3/h4-8,13H,9-12,14-15H2,1-3H3. The van der Waals surface area contributed by atoms with E-state index in [-0.39, 0.29) is 0 Å². The molecule has 2 aromatic heterocycles. The van der Waals surface area contributed by atoms with Crippen molar-refractivity contribution in [2.75, 3.05) is 45.2 Å². The van der Waals surface area contributed by atoms with Gasteiger partial charge < -0.3 is 4.90 Å². The summed E-state index contributed by atoms with van der Waals surface area (Å²) in [6, 6.07) is 8.43. The average molecular weight is 325 g/mol. The molecule has 0 amide bonds. The molecule has 1 aliphatic rings. The van der Waals surface area contributed by atoms with Crippen LogP contribution in [-0.4, -0.2) is 60.0 Å². The Morgan fingerprint density at radius 3 is 2.25 bits per heavy atom. The lowest BCUT2D eigenvalue weighted by molar-refractivity contribution is 0.121. The lowest BCUT2D eigenvalue weighted by atomic mass is 10.2. The predicted octanol–water partition coefficient (Wildman–Crippen LogP) is 2.17. The second kappa shape index (κ2) is 7.73. The zero-order valence-electron chi connectivity index (χ0n) is 14.9. The summed E-state index contributed by atoms with van der Waals surface area (Å²) in [5.41, 5.74) is 3.77. The first kappa shape index (κ1) is 16.9. The minimum absolute atomic E-state index is 0.958. The Hall–Kier alpha value is -1.98. The van der Waals surface area contributed by atoms with Crippen molar-refractivity contribution in [3.63, 3.8) is 0 Å². The topological polar surface area (TPSA) is 35.5 Å². The van der Waals surface area contributed by atoms with E-state index in [4.69, 9.17) is 0 Å². The van der Waals surface area contributed by atoms with Gasteiger partial charge in [0, 0.05) is 65.8 Å². The molecule has 0 aromatic carbocycles. The minimum atomic E-state index is 0.958. The van der Waals surface area contributed by atoms with E-state index in [1.165, 1.54) is 16.8 Å². The highest BCUT2D eigenvalue weighted by molar-refractivity contribution is 5.37. The second-order valence-electron chi connectivity index (χ2n) is 6.74. The van der Waals surface area contributed by atoms with Crippen molar-refractivity contribution in [1.29, 1.82) is 0 Å². The molecule has 0 radical (unpaired) electrons. The number of piperazine rings is 1. The molecule has 0 aliphatic carbocycles. The van der Waals surface area contributed by atoms with Gasteiger partial charge in [0.2, 0.25) is 0 Å². The van der Waals surface area contributed by atoms with Crippen LogP contribution in [0.1, 0.15) is 16.8 Å². The number of hydrogen-bond donors (Lipinski definition) is 0. The van der Waals surface area contributed by atoms with Crippen LogP contribution in [-0.2, 0) is 13.1 Å². The summed E-state index contributed by atoms with van der Waals surface area (Å²) in [4.78, 5) is 16.1. The van der Waals surface area contributed by atoms with Crippen LogP contribution in [0.15, 0.2) is 36.7 Å². The zero-order valence-corrected chi connectivity index (χ0v) is 14.9. The Labute approximate surface area is 144 Å². The van der Waals surface area contributed by atoms with Crippen LogP contribution in [0, 0.1) is 6.92 Å². The van der Waals surface area contributed by atoms with Gasteiger partial charge in [0.15, 0.2) is 0 Å². The summed E-state index contributed by atoms with van der Waals surface area (Å²) < 4.78 is 0. The van der Waals surface area contributed by atoms with E-state index in [2.05, 4.69) is 44.9 Å². The Kier molecular flexibility index (Phi) is 5.43. The lowest BCUT2D eigenvalue weighted by Gasteiger charge is -2.34. The second-order valence-corrected chi connectivity index (χ2v) is 6.74. The van der Waals surface area contributed by atoms with Gasteiger partial charge in [0.05, 0.1) is 5.69 Å². The van der Waals surface area contributed by atoms with Crippen LogP contribution in [0.4, 0.5) is 5.82 Å². The van der Waals surface area contributed by atoms with E-state index in [0.29, 0.717) is 0 Å². The number of anilines is 1. The first-order valence-corrected chi connectivity index (χ1v) is 8.59. The fraction of sp³-hybridized carbons (Fsp3) is 0.474. The third-order valence-corrected chi connectivity index (χ3v) is 4.63. The predicted molar refractivity (Wildman–Crippen MR) is 98.1 cm³/mol. The Balaban J connectivity index is 1.49. The summed E-state index contributed by atoms with van der Waals surface area (Å²) in [5.74, 6) is 1.01. The largest absolute Gasteiger partial charge is 0.363 e. The fourth-order valence-electron chi connectivity index (χ4n) is 3.03. The SMILES string of the molecule is Cc1cccnc1CN1CCN(Cc2ccc(N(C)C)nc2)CC1. The number of aromatic nitrogens is 2. The molecule has 0 saturated carbocycles.